The number of halogens is 3. The average molecular weight is 262 g/mol. The molecule has 1 aliphatic rings. The van der Waals surface area contributed by atoms with E-state index in [2.05, 4.69) is 5.32 Å². The monoisotopic (exact) mass is 261 g/mol. The van der Waals surface area contributed by atoms with Crippen molar-refractivity contribution in [2.75, 3.05) is 11.9 Å². The maximum Gasteiger partial charge on any atom is 0.160 e. The zero-order chi connectivity index (χ0) is 11.5. The number of anilines is 1. The Hall–Kier alpha value is -0.470. The summed E-state index contributed by atoms with van der Waals surface area (Å²) < 4.78 is 13.2. The summed E-state index contributed by atoms with van der Waals surface area (Å²) in [6.45, 7) is 0.915. The third-order valence-electron chi connectivity index (χ3n) is 3.05. The topological polar surface area (TPSA) is 12.0 Å². The summed E-state index contributed by atoms with van der Waals surface area (Å²) in [6, 6.07) is 3.16. The van der Waals surface area contributed by atoms with Crippen LogP contribution in [0.1, 0.15) is 25.7 Å². The predicted molar refractivity (Wildman–Crippen MR) is 66.9 cm³/mol. The van der Waals surface area contributed by atoms with Gasteiger partial charge in [0.25, 0.3) is 0 Å². The minimum absolute atomic E-state index is 0.0708. The molecule has 0 amide bonds. The standard InChI is InChI=1S/C12H14Cl2FN/c13-10-5-9(6-11(14)12(10)15)16-7-8-3-1-2-4-8/h5-6,8,16H,1-4,7H2. The minimum atomic E-state index is -0.547. The van der Waals surface area contributed by atoms with Crippen molar-refractivity contribution in [1.29, 1.82) is 0 Å². The van der Waals surface area contributed by atoms with Crippen LogP contribution in [0.2, 0.25) is 10.0 Å². The summed E-state index contributed by atoms with van der Waals surface area (Å²) in [7, 11) is 0. The third-order valence-corrected chi connectivity index (χ3v) is 3.60. The molecule has 0 aromatic heterocycles. The van der Waals surface area contributed by atoms with Crippen molar-refractivity contribution in [3.8, 4) is 0 Å². The van der Waals surface area contributed by atoms with Crippen LogP contribution >= 0.6 is 23.2 Å². The molecular formula is C12H14Cl2FN. The van der Waals surface area contributed by atoms with Crippen molar-refractivity contribution in [2.24, 2.45) is 5.92 Å². The zero-order valence-electron chi connectivity index (χ0n) is 8.90. The normalized spacial score (nSPS) is 16.7. The van der Waals surface area contributed by atoms with E-state index in [-0.39, 0.29) is 10.0 Å². The van der Waals surface area contributed by atoms with Gasteiger partial charge in [0.05, 0.1) is 10.0 Å². The molecule has 0 spiro atoms. The highest BCUT2D eigenvalue weighted by atomic mass is 35.5. The molecule has 0 heterocycles. The third kappa shape index (κ3) is 2.80. The molecule has 1 aliphatic carbocycles. The number of hydrogen-bond donors (Lipinski definition) is 1. The van der Waals surface area contributed by atoms with Crippen LogP contribution in [0.25, 0.3) is 0 Å². The van der Waals surface area contributed by atoms with Gasteiger partial charge < -0.3 is 5.32 Å². The average Bonchev–Trinajstić information content (AvgIpc) is 2.75. The van der Waals surface area contributed by atoms with Gasteiger partial charge in [0.1, 0.15) is 0 Å². The Morgan fingerprint density at radius 1 is 1.19 bits per heavy atom. The van der Waals surface area contributed by atoms with Crippen molar-refractivity contribution in [3.63, 3.8) is 0 Å². The van der Waals surface area contributed by atoms with Crippen molar-refractivity contribution < 1.29 is 4.39 Å². The lowest BCUT2D eigenvalue weighted by Crippen LogP contribution is -2.10. The Bertz CT molecular complexity index is 352. The highest BCUT2D eigenvalue weighted by Crippen LogP contribution is 2.29. The van der Waals surface area contributed by atoms with E-state index in [0.29, 0.717) is 0 Å². The first-order chi connectivity index (χ1) is 7.66. The quantitative estimate of drug-likeness (QED) is 0.776. The van der Waals surface area contributed by atoms with E-state index in [1.165, 1.54) is 25.7 Å². The highest BCUT2D eigenvalue weighted by molar-refractivity contribution is 6.35. The smallest absolute Gasteiger partial charge is 0.160 e. The van der Waals surface area contributed by atoms with Crippen LogP contribution in [0.3, 0.4) is 0 Å². The SMILES string of the molecule is Fc1c(Cl)cc(NCC2CCCC2)cc1Cl. The Kier molecular flexibility index (Phi) is 3.93. The first-order valence-corrected chi connectivity index (χ1v) is 6.31. The Morgan fingerprint density at radius 2 is 1.75 bits per heavy atom. The second kappa shape index (κ2) is 5.24. The Labute approximate surface area is 105 Å². The molecule has 16 heavy (non-hydrogen) atoms. The van der Waals surface area contributed by atoms with E-state index in [0.717, 1.165) is 18.2 Å². The molecule has 1 nitrogen and oxygen atoms in total. The van der Waals surface area contributed by atoms with Gasteiger partial charge in [0, 0.05) is 12.2 Å². The molecule has 1 fully saturated rings. The van der Waals surface area contributed by atoms with Crippen LogP contribution in [0, 0.1) is 11.7 Å². The van der Waals surface area contributed by atoms with Crippen molar-refractivity contribution in [2.45, 2.75) is 25.7 Å². The fourth-order valence-electron chi connectivity index (χ4n) is 2.13. The molecule has 1 saturated carbocycles. The van der Waals surface area contributed by atoms with Gasteiger partial charge in [-0.15, -0.1) is 0 Å². The van der Waals surface area contributed by atoms with E-state index in [1.54, 1.807) is 12.1 Å². The summed E-state index contributed by atoms with van der Waals surface area (Å²) in [5.74, 6) is 0.178. The fourth-order valence-corrected chi connectivity index (χ4v) is 2.62. The first kappa shape index (κ1) is 12.0. The van der Waals surface area contributed by atoms with Gasteiger partial charge in [-0.2, -0.15) is 0 Å². The maximum atomic E-state index is 13.2. The number of hydrogen-bond acceptors (Lipinski definition) is 1. The summed E-state index contributed by atoms with van der Waals surface area (Å²) in [6.07, 6.45) is 5.18. The van der Waals surface area contributed by atoms with Gasteiger partial charge in [0.2, 0.25) is 0 Å². The van der Waals surface area contributed by atoms with Gasteiger partial charge in [0.15, 0.2) is 5.82 Å². The van der Waals surface area contributed by atoms with Crippen LogP contribution in [0.5, 0.6) is 0 Å². The molecule has 0 bridgehead atoms. The molecule has 88 valence electrons. The van der Waals surface area contributed by atoms with Crippen LogP contribution in [-0.2, 0) is 0 Å². The second-order valence-corrected chi connectivity index (χ2v) is 5.10. The van der Waals surface area contributed by atoms with E-state index in [1.807, 2.05) is 0 Å². The first-order valence-electron chi connectivity index (χ1n) is 5.55. The van der Waals surface area contributed by atoms with Gasteiger partial charge in [-0.3, -0.25) is 0 Å². The van der Waals surface area contributed by atoms with Gasteiger partial charge in [-0.25, -0.2) is 4.39 Å². The summed E-state index contributed by atoms with van der Waals surface area (Å²) in [5, 5.41) is 3.40. The van der Waals surface area contributed by atoms with E-state index < -0.39 is 5.82 Å². The van der Waals surface area contributed by atoms with Gasteiger partial charge >= 0.3 is 0 Å². The van der Waals surface area contributed by atoms with Gasteiger partial charge in [-0.1, -0.05) is 36.0 Å². The lowest BCUT2D eigenvalue weighted by Gasteiger charge is -2.12. The molecule has 1 aromatic carbocycles. The maximum absolute atomic E-state index is 13.2. The fraction of sp³-hybridized carbons (Fsp3) is 0.500. The number of rotatable bonds is 3. The number of nitrogens with one attached hydrogen (secondary N) is 1. The second-order valence-electron chi connectivity index (χ2n) is 4.29. The lowest BCUT2D eigenvalue weighted by atomic mass is 10.1. The van der Waals surface area contributed by atoms with Crippen LogP contribution in [0.15, 0.2) is 12.1 Å². The van der Waals surface area contributed by atoms with Crippen molar-refractivity contribution >= 4 is 28.9 Å². The van der Waals surface area contributed by atoms with Crippen molar-refractivity contribution in [1.82, 2.24) is 0 Å². The minimum Gasteiger partial charge on any atom is -0.385 e. The van der Waals surface area contributed by atoms with Crippen LogP contribution in [-0.4, -0.2) is 6.54 Å². The number of benzene rings is 1. The molecule has 0 unspecified atom stereocenters. The molecule has 0 radical (unpaired) electrons. The predicted octanol–water partition coefficient (Wildman–Crippen LogP) is 4.73. The van der Waals surface area contributed by atoms with Gasteiger partial charge in [-0.05, 0) is 30.9 Å². The van der Waals surface area contributed by atoms with Crippen molar-refractivity contribution in [3.05, 3.63) is 28.0 Å². The molecule has 0 aliphatic heterocycles. The van der Waals surface area contributed by atoms with Crippen LogP contribution < -0.4 is 5.32 Å². The summed E-state index contributed by atoms with van der Waals surface area (Å²) >= 11 is 11.4. The highest BCUT2D eigenvalue weighted by Gasteiger charge is 2.15. The summed E-state index contributed by atoms with van der Waals surface area (Å²) in [4.78, 5) is 0. The summed E-state index contributed by atoms with van der Waals surface area (Å²) in [5.41, 5.74) is 0.795. The lowest BCUT2D eigenvalue weighted by molar-refractivity contribution is 0.579. The van der Waals surface area contributed by atoms with Crippen LogP contribution in [0.4, 0.5) is 10.1 Å². The molecule has 1 N–H and O–H groups in total. The molecule has 4 heteroatoms. The Balaban J connectivity index is 1.98. The largest absolute Gasteiger partial charge is 0.385 e. The molecule has 0 saturated heterocycles. The van der Waals surface area contributed by atoms with E-state index in [4.69, 9.17) is 23.2 Å². The molecule has 2 rings (SSSR count). The molecular weight excluding hydrogens is 248 g/mol. The molecule has 0 atom stereocenters. The van der Waals surface area contributed by atoms with E-state index in [9.17, 15) is 4.39 Å². The van der Waals surface area contributed by atoms with E-state index >= 15 is 0 Å². The Morgan fingerprint density at radius 3 is 2.31 bits per heavy atom. The molecule has 1 aromatic rings. The zero-order valence-corrected chi connectivity index (χ0v) is 10.4.